The minimum Gasteiger partial charge on any atom is -0.366 e. The van der Waals surface area contributed by atoms with Crippen LogP contribution in [0.1, 0.15) is 20.8 Å². The van der Waals surface area contributed by atoms with Gasteiger partial charge < -0.3 is 10.1 Å². The number of thioether (sulfide) groups is 1. The fourth-order valence-corrected chi connectivity index (χ4v) is 1.70. The average molecular weight is 289 g/mol. The largest absolute Gasteiger partial charge is 0.366 e. The number of nitrogens with one attached hydrogen (secondary N) is 1. The van der Waals surface area contributed by atoms with Gasteiger partial charge in [-0.3, -0.25) is 4.79 Å². The molecule has 0 aliphatic carbocycles. The van der Waals surface area contributed by atoms with Crippen LogP contribution in [0.2, 0.25) is 0 Å². The fraction of sp³-hybridized carbons (Fsp3) is 0.462. The monoisotopic (exact) mass is 289 g/mol. The van der Waals surface area contributed by atoms with Crippen LogP contribution < -0.4 is 5.32 Å². The van der Waals surface area contributed by atoms with Crippen LogP contribution in [0.3, 0.4) is 0 Å². The number of benzene rings is 1. The van der Waals surface area contributed by atoms with E-state index in [9.17, 15) is 13.6 Å². The molecule has 3 nitrogen and oxygen atoms in total. The second-order valence-corrected chi connectivity index (χ2v) is 5.92. The van der Waals surface area contributed by atoms with E-state index in [2.05, 4.69) is 5.32 Å². The quantitative estimate of drug-likeness (QED) is 0.839. The molecule has 0 spiro atoms. The zero-order valence-corrected chi connectivity index (χ0v) is 11.9. The molecule has 0 heterocycles. The van der Waals surface area contributed by atoms with Gasteiger partial charge in [-0.05, 0) is 45.0 Å². The molecule has 0 aromatic heterocycles. The van der Waals surface area contributed by atoms with Crippen LogP contribution in [0.25, 0.3) is 0 Å². The number of alkyl halides is 2. The van der Waals surface area contributed by atoms with E-state index in [1.807, 2.05) is 20.8 Å². The van der Waals surface area contributed by atoms with E-state index in [1.54, 1.807) is 12.1 Å². The summed E-state index contributed by atoms with van der Waals surface area (Å²) in [4.78, 5) is 12.0. The third-order valence-corrected chi connectivity index (χ3v) is 2.72. The lowest BCUT2D eigenvalue weighted by atomic mass is 10.2. The zero-order valence-electron chi connectivity index (χ0n) is 11.1. The van der Waals surface area contributed by atoms with Crippen LogP contribution >= 0.6 is 11.8 Å². The first-order valence-electron chi connectivity index (χ1n) is 5.75. The van der Waals surface area contributed by atoms with E-state index in [-0.39, 0.29) is 18.1 Å². The Morgan fingerprint density at radius 1 is 1.32 bits per heavy atom. The first-order chi connectivity index (χ1) is 8.76. The van der Waals surface area contributed by atoms with E-state index in [0.717, 1.165) is 0 Å². The molecule has 1 rings (SSSR count). The Bertz CT molecular complexity index is 416. The minimum atomic E-state index is -2.44. The molecule has 0 aliphatic heterocycles. The smallest absolute Gasteiger partial charge is 0.288 e. The van der Waals surface area contributed by atoms with Gasteiger partial charge in [0.05, 0.1) is 5.60 Å². The molecule has 0 bridgehead atoms. The molecule has 0 atom stereocenters. The van der Waals surface area contributed by atoms with Crippen molar-refractivity contribution in [2.75, 3.05) is 11.9 Å². The van der Waals surface area contributed by atoms with Crippen LogP contribution in [0.4, 0.5) is 14.5 Å². The fourth-order valence-electron chi connectivity index (χ4n) is 1.20. The predicted octanol–water partition coefficient (Wildman–Crippen LogP) is 3.75. The van der Waals surface area contributed by atoms with Crippen LogP contribution in [0.5, 0.6) is 0 Å². The molecule has 0 fully saturated rings. The third kappa shape index (κ3) is 7.12. The van der Waals surface area contributed by atoms with Gasteiger partial charge in [0.15, 0.2) is 0 Å². The molecule has 0 saturated carbocycles. The molecule has 1 N–H and O–H groups in total. The molecule has 0 saturated heterocycles. The maximum absolute atomic E-state index is 12.1. The summed E-state index contributed by atoms with van der Waals surface area (Å²) in [6.45, 7) is 5.53. The first-order valence-corrected chi connectivity index (χ1v) is 6.63. The summed E-state index contributed by atoms with van der Waals surface area (Å²) in [5.41, 5.74) is 0.177. The summed E-state index contributed by atoms with van der Waals surface area (Å²) in [7, 11) is 0. The Morgan fingerprint density at radius 3 is 2.37 bits per heavy atom. The highest BCUT2D eigenvalue weighted by molar-refractivity contribution is 7.99. The summed E-state index contributed by atoms with van der Waals surface area (Å²) < 4.78 is 29.6. The van der Waals surface area contributed by atoms with E-state index in [1.165, 1.54) is 12.1 Å². The molecule has 19 heavy (non-hydrogen) atoms. The molecule has 1 aromatic carbocycles. The Morgan fingerprint density at radius 2 is 1.89 bits per heavy atom. The lowest BCUT2D eigenvalue weighted by Gasteiger charge is -2.19. The predicted molar refractivity (Wildman–Crippen MR) is 72.6 cm³/mol. The summed E-state index contributed by atoms with van der Waals surface area (Å²) in [6, 6.07) is 6.24. The van der Waals surface area contributed by atoms with Crippen molar-refractivity contribution in [2.24, 2.45) is 0 Å². The van der Waals surface area contributed by atoms with Gasteiger partial charge in [0.2, 0.25) is 5.91 Å². The Hall–Kier alpha value is -1.14. The van der Waals surface area contributed by atoms with Crippen molar-refractivity contribution in [3.8, 4) is 0 Å². The van der Waals surface area contributed by atoms with Gasteiger partial charge in [0, 0.05) is 10.6 Å². The van der Waals surface area contributed by atoms with Gasteiger partial charge in [-0.15, -0.1) is 0 Å². The van der Waals surface area contributed by atoms with Gasteiger partial charge in [0.1, 0.15) is 6.61 Å². The maximum atomic E-state index is 12.1. The lowest BCUT2D eigenvalue weighted by Crippen LogP contribution is -2.27. The van der Waals surface area contributed by atoms with Crippen molar-refractivity contribution < 1.29 is 18.3 Å². The van der Waals surface area contributed by atoms with Crippen molar-refractivity contribution in [2.45, 2.75) is 37.0 Å². The van der Waals surface area contributed by atoms with E-state index >= 15 is 0 Å². The lowest BCUT2D eigenvalue weighted by molar-refractivity contribution is -0.125. The van der Waals surface area contributed by atoms with Crippen LogP contribution in [0, 0.1) is 0 Å². The topological polar surface area (TPSA) is 38.3 Å². The first kappa shape index (κ1) is 15.9. The molecular weight excluding hydrogens is 272 g/mol. The average Bonchev–Trinajstić information content (AvgIpc) is 2.28. The summed E-state index contributed by atoms with van der Waals surface area (Å²) >= 11 is 0.469. The molecule has 0 unspecified atom stereocenters. The standard InChI is InChI=1S/C13H17F2NO2S/c1-13(2,3)18-8-11(17)16-9-4-6-10(7-5-9)19-12(14)15/h4-7,12H,8H2,1-3H3,(H,16,17). The van der Waals surface area contributed by atoms with E-state index in [0.29, 0.717) is 22.3 Å². The number of hydrogen-bond donors (Lipinski definition) is 1. The molecule has 1 aromatic rings. The van der Waals surface area contributed by atoms with Gasteiger partial charge in [-0.2, -0.15) is 8.78 Å². The number of ether oxygens (including phenoxy) is 1. The Labute approximate surface area is 115 Å². The van der Waals surface area contributed by atoms with Crippen LogP contribution in [-0.2, 0) is 9.53 Å². The third-order valence-electron chi connectivity index (χ3n) is 2.00. The number of rotatable bonds is 5. The molecule has 106 valence electrons. The number of anilines is 1. The second-order valence-electron chi connectivity index (χ2n) is 4.85. The maximum Gasteiger partial charge on any atom is 0.288 e. The van der Waals surface area contributed by atoms with Gasteiger partial charge in [-0.1, -0.05) is 11.8 Å². The summed E-state index contributed by atoms with van der Waals surface area (Å²) in [6.07, 6.45) is 0. The Balaban J connectivity index is 2.47. The molecule has 0 radical (unpaired) electrons. The second kappa shape index (κ2) is 6.86. The van der Waals surface area contributed by atoms with E-state index < -0.39 is 5.76 Å². The van der Waals surface area contributed by atoms with Crippen molar-refractivity contribution in [3.63, 3.8) is 0 Å². The zero-order chi connectivity index (χ0) is 14.5. The summed E-state index contributed by atoms with van der Waals surface area (Å²) in [5, 5.41) is 2.63. The molecule has 1 amide bonds. The highest BCUT2D eigenvalue weighted by Crippen LogP contribution is 2.26. The van der Waals surface area contributed by atoms with Gasteiger partial charge in [-0.25, -0.2) is 0 Å². The van der Waals surface area contributed by atoms with Gasteiger partial charge in [0.25, 0.3) is 5.76 Å². The molecule has 0 aliphatic rings. The van der Waals surface area contributed by atoms with Crippen molar-refractivity contribution in [1.29, 1.82) is 0 Å². The van der Waals surface area contributed by atoms with Crippen LogP contribution in [0.15, 0.2) is 29.2 Å². The Kier molecular flexibility index (Phi) is 5.75. The highest BCUT2D eigenvalue weighted by atomic mass is 32.2. The van der Waals surface area contributed by atoms with Crippen molar-refractivity contribution >= 4 is 23.4 Å². The number of amides is 1. The van der Waals surface area contributed by atoms with Crippen molar-refractivity contribution in [3.05, 3.63) is 24.3 Å². The molecule has 6 heteroatoms. The van der Waals surface area contributed by atoms with Crippen LogP contribution in [-0.4, -0.2) is 23.9 Å². The number of hydrogen-bond acceptors (Lipinski definition) is 3. The normalized spacial score (nSPS) is 11.7. The number of carbonyl (C=O) groups is 1. The highest BCUT2D eigenvalue weighted by Gasteiger charge is 2.13. The minimum absolute atomic E-state index is 0.0446. The number of carbonyl (C=O) groups excluding carboxylic acids is 1. The SMILES string of the molecule is CC(C)(C)OCC(=O)Nc1ccc(SC(F)F)cc1. The molecular formula is C13H17F2NO2S. The number of halogens is 2. The summed E-state index contributed by atoms with van der Waals surface area (Å²) in [5.74, 6) is -2.72. The van der Waals surface area contributed by atoms with E-state index in [4.69, 9.17) is 4.74 Å². The van der Waals surface area contributed by atoms with Crippen molar-refractivity contribution in [1.82, 2.24) is 0 Å². The van der Waals surface area contributed by atoms with Gasteiger partial charge >= 0.3 is 0 Å².